The SMILES string of the molecule is CC(C)NC(=O)CCNC(=O)c1cn(CCN)cn1. The minimum Gasteiger partial charge on any atom is -0.354 e. The Kier molecular flexibility index (Phi) is 6.01. The molecule has 1 aromatic rings. The van der Waals surface area contributed by atoms with Crippen LogP contribution in [0.4, 0.5) is 0 Å². The third-order valence-electron chi connectivity index (χ3n) is 2.34. The predicted molar refractivity (Wildman–Crippen MR) is 71.5 cm³/mol. The number of nitrogens with one attached hydrogen (secondary N) is 2. The van der Waals surface area contributed by atoms with Gasteiger partial charge in [-0.05, 0) is 13.8 Å². The molecule has 1 rings (SSSR count). The van der Waals surface area contributed by atoms with Crippen LogP contribution in [0.5, 0.6) is 0 Å². The molecule has 1 aromatic heterocycles. The van der Waals surface area contributed by atoms with Crippen molar-refractivity contribution >= 4 is 11.8 Å². The number of amides is 2. The normalized spacial score (nSPS) is 10.5. The Labute approximate surface area is 112 Å². The number of carbonyl (C=O) groups is 2. The van der Waals surface area contributed by atoms with Gasteiger partial charge in [0.2, 0.25) is 5.91 Å². The summed E-state index contributed by atoms with van der Waals surface area (Å²) in [4.78, 5) is 27.1. The van der Waals surface area contributed by atoms with Gasteiger partial charge in [0.25, 0.3) is 5.91 Å². The van der Waals surface area contributed by atoms with E-state index in [2.05, 4.69) is 15.6 Å². The second-order valence-electron chi connectivity index (χ2n) is 4.51. The first-order valence-electron chi connectivity index (χ1n) is 6.32. The average Bonchev–Trinajstić information content (AvgIpc) is 2.77. The van der Waals surface area contributed by atoms with E-state index in [0.29, 0.717) is 25.3 Å². The number of hydrogen-bond donors (Lipinski definition) is 3. The topological polar surface area (TPSA) is 102 Å². The highest BCUT2D eigenvalue weighted by Gasteiger charge is 2.09. The van der Waals surface area contributed by atoms with Crippen molar-refractivity contribution in [3.05, 3.63) is 18.2 Å². The maximum Gasteiger partial charge on any atom is 0.271 e. The van der Waals surface area contributed by atoms with Gasteiger partial charge in [0.1, 0.15) is 5.69 Å². The highest BCUT2D eigenvalue weighted by Crippen LogP contribution is 1.96. The molecule has 4 N–H and O–H groups in total. The fourth-order valence-electron chi connectivity index (χ4n) is 1.52. The summed E-state index contributed by atoms with van der Waals surface area (Å²) in [6.07, 6.45) is 3.46. The third-order valence-corrected chi connectivity index (χ3v) is 2.34. The zero-order valence-electron chi connectivity index (χ0n) is 11.3. The van der Waals surface area contributed by atoms with Gasteiger partial charge in [-0.1, -0.05) is 0 Å². The van der Waals surface area contributed by atoms with Gasteiger partial charge >= 0.3 is 0 Å². The smallest absolute Gasteiger partial charge is 0.271 e. The lowest BCUT2D eigenvalue weighted by Gasteiger charge is -2.08. The minimum atomic E-state index is -0.284. The quantitative estimate of drug-likeness (QED) is 0.619. The van der Waals surface area contributed by atoms with Crippen LogP contribution in [-0.4, -0.2) is 40.5 Å². The number of rotatable bonds is 7. The predicted octanol–water partition coefficient (Wildman–Crippen LogP) is -0.514. The third kappa shape index (κ3) is 5.52. The van der Waals surface area contributed by atoms with Crippen molar-refractivity contribution in [1.82, 2.24) is 20.2 Å². The monoisotopic (exact) mass is 267 g/mol. The Morgan fingerprint density at radius 1 is 1.47 bits per heavy atom. The van der Waals surface area contributed by atoms with Crippen LogP contribution in [0.3, 0.4) is 0 Å². The fraction of sp³-hybridized carbons (Fsp3) is 0.583. The summed E-state index contributed by atoms with van der Waals surface area (Å²) in [6.45, 7) is 5.19. The van der Waals surface area contributed by atoms with Gasteiger partial charge in [0.05, 0.1) is 6.33 Å². The van der Waals surface area contributed by atoms with Crippen LogP contribution in [0.15, 0.2) is 12.5 Å². The molecule has 1 heterocycles. The molecule has 0 aromatic carbocycles. The highest BCUT2D eigenvalue weighted by molar-refractivity contribution is 5.92. The number of imidazole rings is 1. The molecule has 0 fully saturated rings. The molecule has 7 heteroatoms. The number of carbonyl (C=O) groups excluding carboxylic acids is 2. The van der Waals surface area contributed by atoms with Crippen molar-refractivity contribution in [1.29, 1.82) is 0 Å². The van der Waals surface area contributed by atoms with Gasteiger partial charge < -0.3 is 20.9 Å². The van der Waals surface area contributed by atoms with Crippen LogP contribution in [0.25, 0.3) is 0 Å². The van der Waals surface area contributed by atoms with Crippen molar-refractivity contribution in [2.45, 2.75) is 32.9 Å². The number of nitrogens with zero attached hydrogens (tertiary/aromatic N) is 2. The number of nitrogens with two attached hydrogens (primary N) is 1. The summed E-state index contributed by atoms with van der Waals surface area (Å²) in [5.74, 6) is -0.364. The number of hydrogen-bond acceptors (Lipinski definition) is 4. The lowest BCUT2D eigenvalue weighted by Crippen LogP contribution is -2.34. The molecular formula is C12H21N5O2. The Morgan fingerprint density at radius 2 is 2.21 bits per heavy atom. The maximum absolute atomic E-state index is 11.7. The second kappa shape index (κ2) is 7.52. The standard InChI is InChI=1S/C12H21N5O2/c1-9(2)16-11(18)3-5-14-12(19)10-7-17(6-4-13)8-15-10/h7-9H,3-6,13H2,1-2H3,(H,14,19)(H,16,18). The molecule has 19 heavy (non-hydrogen) atoms. The molecule has 2 amide bonds. The zero-order valence-corrected chi connectivity index (χ0v) is 11.3. The largest absolute Gasteiger partial charge is 0.354 e. The zero-order chi connectivity index (χ0) is 14.3. The summed E-state index contributed by atoms with van der Waals surface area (Å²) in [7, 11) is 0. The molecule has 0 aliphatic heterocycles. The molecule has 0 radical (unpaired) electrons. The molecule has 7 nitrogen and oxygen atoms in total. The van der Waals surface area contributed by atoms with Crippen LogP contribution >= 0.6 is 0 Å². The first-order valence-corrected chi connectivity index (χ1v) is 6.32. The lowest BCUT2D eigenvalue weighted by atomic mass is 10.3. The van der Waals surface area contributed by atoms with Crippen LogP contribution in [0, 0.1) is 0 Å². The minimum absolute atomic E-state index is 0.0797. The Balaban J connectivity index is 2.32. The van der Waals surface area contributed by atoms with Crippen molar-refractivity contribution in [3.8, 4) is 0 Å². The Hall–Kier alpha value is -1.89. The van der Waals surface area contributed by atoms with Crippen molar-refractivity contribution < 1.29 is 9.59 Å². The molecule has 0 unspecified atom stereocenters. The van der Waals surface area contributed by atoms with Crippen LogP contribution in [-0.2, 0) is 11.3 Å². The molecule has 0 bridgehead atoms. The van der Waals surface area contributed by atoms with Gasteiger partial charge in [-0.15, -0.1) is 0 Å². The second-order valence-corrected chi connectivity index (χ2v) is 4.51. The number of aromatic nitrogens is 2. The van der Waals surface area contributed by atoms with E-state index < -0.39 is 0 Å². The molecule has 0 atom stereocenters. The molecule has 0 aliphatic carbocycles. The fourth-order valence-corrected chi connectivity index (χ4v) is 1.52. The highest BCUT2D eigenvalue weighted by atomic mass is 16.2. The summed E-state index contributed by atoms with van der Waals surface area (Å²) >= 11 is 0. The van der Waals surface area contributed by atoms with Gasteiger partial charge in [0, 0.05) is 38.3 Å². The van der Waals surface area contributed by atoms with E-state index in [1.54, 1.807) is 17.1 Å². The molecular weight excluding hydrogens is 246 g/mol. The molecule has 0 saturated heterocycles. The van der Waals surface area contributed by atoms with E-state index in [0.717, 1.165) is 0 Å². The Morgan fingerprint density at radius 3 is 2.84 bits per heavy atom. The summed E-state index contributed by atoms with van der Waals surface area (Å²) in [5, 5.41) is 5.40. The lowest BCUT2D eigenvalue weighted by molar-refractivity contribution is -0.121. The molecule has 0 spiro atoms. The molecule has 0 aliphatic rings. The van der Waals surface area contributed by atoms with Crippen LogP contribution in [0.1, 0.15) is 30.8 Å². The maximum atomic E-state index is 11.7. The van der Waals surface area contributed by atoms with E-state index in [1.807, 2.05) is 13.8 Å². The molecule has 0 saturated carbocycles. The van der Waals surface area contributed by atoms with E-state index >= 15 is 0 Å². The van der Waals surface area contributed by atoms with Crippen molar-refractivity contribution in [3.63, 3.8) is 0 Å². The van der Waals surface area contributed by atoms with Gasteiger partial charge in [-0.3, -0.25) is 9.59 Å². The van der Waals surface area contributed by atoms with E-state index in [1.165, 1.54) is 0 Å². The van der Waals surface area contributed by atoms with Crippen molar-refractivity contribution in [2.24, 2.45) is 5.73 Å². The average molecular weight is 267 g/mol. The van der Waals surface area contributed by atoms with E-state index in [4.69, 9.17) is 5.73 Å². The van der Waals surface area contributed by atoms with Crippen molar-refractivity contribution in [2.75, 3.05) is 13.1 Å². The molecule has 106 valence electrons. The van der Waals surface area contributed by atoms with E-state index in [9.17, 15) is 9.59 Å². The van der Waals surface area contributed by atoms with E-state index in [-0.39, 0.29) is 24.3 Å². The summed E-state index contributed by atoms with van der Waals surface area (Å²) in [6, 6.07) is 0.107. The van der Waals surface area contributed by atoms with Gasteiger partial charge in [0.15, 0.2) is 0 Å². The van der Waals surface area contributed by atoms with Gasteiger partial charge in [-0.25, -0.2) is 4.98 Å². The van der Waals surface area contributed by atoms with Gasteiger partial charge in [-0.2, -0.15) is 0 Å². The first kappa shape index (κ1) is 15.2. The Bertz CT molecular complexity index is 428. The van der Waals surface area contributed by atoms with Crippen LogP contribution in [0.2, 0.25) is 0 Å². The summed E-state index contributed by atoms with van der Waals surface area (Å²) < 4.78 is 1.75. The first-order chi connectivity index (χ1) is 9.02. The summed E-state index contributed by atoms with van der Waals surface area (Å²) in [5.41, 5.74) is 5.74. The van der Waals surface area contributed by atoms with Crippen LogP contribution < -0.4 is 16.4 Å².